The molecule has 2 bridgehead atoms. The monoisotopic (exact) mass is 218 g/mol. The molecule has 0 radical (unpaired) electrons. The Balaban J connectivity index is 2.18. The minimum Gasteiger partial charge on any atom is -0.298 e. The molecule has 0 unspecified atom stereocenters. The first kappa shape index (κ1) is 9.58. The number of rotatable bonds is 1. The molecule has 0 heterocycles. The lowest BCUT2D eigenvalue weighted by atomic mass is 9.85. The Morgan fingerprint density at radius 2 is 2.07 bits per heavy atom. The highest BCUT2D eigenvalue weighted by Crippen LogP contribution is 2.66. The number of hydrogen-bond acceptors (Lipinski definition) is 1. The summed E-state index contributed by atoms with van der Waals surface area (Å²) >= 11 is 0. The van der Waals surface area contributed by atoms with Crippen molar-refractivity contribution in [2.24, 2.45) is 17.8 Å². The maximum absolute atomic E-state index is 12.5. The lowest BCUT2D eigenvalue weighted by Gasteiger charge is -2.40. The number of Topliss-reactive ketones (excluding diaryl/α,β-unsaturated/α-hetero) is 1. The first-order valence-electron chi connectivity index (χ1n) is 5.89. The molecule has 3 aliphatic carbocycles. The van der Waals surface area contributed by atoms with Crippen LogP contribution in [0.5, 0.6) is 0 Å². The van der Waals surface area contributed by atoms with Gasteiger partial charge in [-0.15, -0.1) is 0 Å². The van der Waals surface area contributed by atoms with Gasteiger partial charge < -0.3 is 0 Å². The lowest BCUT2D eigenvalue weighted by molar-refractivity contribution is -0.120. The molecule has 1 fully saturated rings. The summed E-state index contributed by atoms with van der Waals surface area (Å²) in [5, 5.41) is -0.0602. The second-order valence-corrected chi connectivity index (χ2v) is 11.5. The van der Waals surface area contributed by atoms with Crippen LogP contribution in [0, 0.1) is 17.8 Å². The molecule has 0 saturated heterocycles. The molecule has 0 aromatic carbocycles. The highest BCUT2D eigenvalue weighted by molar-refractivity contribution is 6.83. The second kappa shape index (κ2) is 2.54. The van der Waals surface area contributed by atoms with Crippen molar-refractivity contribution in [1.82, 2.24) is 0 Å². The average molecular weight is 218 g/mol. The van der Waals surface area contributed by atoms with E-state index in [4.69, 9.17) is 0 Å². The van der Waals surface area contributed by atoms with E-state index in [-0.39, 0.29) is 11.0 Å². The Labute approximate surface area is 92.3 Å². The standard InChI is InChI=1S/C13H18OSi/c1-15(2,3)13-8-7-10(12(13)14)9-5-4-6-11(9)13/h4,6-11H,5H2,1-3H3/t9-,10+,11-,13+/m0/s1. The molecule has 80 valence electrons. The predicted octanol–water partition coefficient (Wildman–Crippen LogP) is 3.03. The van der Waals surface area contributed by atoms with Gasteiger partial charge in [0.2, 0.25) is 0 Å². The van der Waals surface area contributed by atoms with Gasteiger partial charge >= 0.3 is 0 Å². The molecular formula is C13H18OSi. The minimum atomic E-state index is -1.47. The van der Waals surface area contributed by atoms with Crippen molar-refractivity contribution in [3.05, 3.63) is 24.3 Å². The van der Waals surface area contributed by atoms with Crippen LogP contribution in [0.1, 0.15) is 6.42 Å². The fraction of sp³-hybridized carbons (Fsp3) is 0.615. The van der Waals surface area contributed by atoms with E-state index in [0.717, 1.165) is 6.42 Å². The third kappa shape index (κ3) is 0.877. The number of carbonyl (C=O) groups is 1. The van der Waals surface area contributed by atoms with Gasteiger partial charge in [0.05, 0.1) is 8.07 Å². The van der Waals surface area contributed by atoms with Crippen molar-refractivity contribution in [2.45, 2.75) is 31.1 Å². The number of carbonyl (C=O) groups excluding carboxylic acids is 1. The van der Waals surface area contributed by atoms with Gasteiger partial charge in [-0.25, -0.2) is 0 Å². The van der Waals surface area contributed by atoms with Crippen LogP contribution in [0.25, 0.3) is 0 Å². The highest BCUT2D eigenvalue weighted by atomic mass is 28.3. The zero-order valence-corrected chi connectivity index (χ0v) is 10.7. The van der Waals surface area contributed by atoms with Crippen LogP contribution in [0.3, 0.4) is 0 Å². The first-order chi connectivity index (χ1) is 6.98. The average Bonchev–Trinajstić information content (AvgIpc) is 2.74. The second-order valence-electron chi connectivity index (χ2n) is 6.22. The molecule has 4 atom stereocenters. The summed E-state index contributed by atoms with van der Waals surface area (Å²) in [6.07, 6.45) is 10.2. The zero-order chi connectivity index (χ0) is 10.8. The van der Waals surface area contributed by atoms with Crippen molar-refractivity contribution in [3.63, 3.8) is 0 Å². The van der Waals surface area contributed by atoms with Gasteiger partial charge in [0.1, 0.15) is 5.78 Å². The van der Waals surface area contributed by atoms with Crippen molar-refractivity contribution >= 4 is 13.9 Å². The van der Waals surface area contributed by atoms with E-state index < -0.39 is 8.07 Å². The van der Waals surface area contributed by atoms with Crippen molar-refractivity contribution < 1.29 is 4.79 Å². The molecule has 0 aromatic rings. The van der Waals surface area contributed by atoms with Crippen LogP contribution >= 0.6 is 0 Å². The van der Waals surface area contributed by atoms with E-state index in [1.165, 1.54) is 0 Å². The van der Waals surface area contributed by atoms with E-state index in [0.29, 0.717) is 17.6 Å². The van der Waals surface area contributed by atoms with Crippen LogP contribution in [0.2, 0.25) is 24.7 Å². The summed E-state index contributed by atoms with van der Waals surface area (Å²) in [6.45, 7) is 7.02. The summed E-state index contributed by atoms with van der Waals surface area (Å²) in [7, 11) is -1.47. The van der Waals surface area contributed by atoms with Gasteiger partial charge in [-0.2, -0.15) is 0 Å². The molecule has 2 heteroatoms. The number of fused-ring (bicyclic) bond motifs is 5. The first-order valence-corrected chi connectivity index (χ1v) is 9.39. The molecule has 0 N–H and O–H groups in total. The van der Waals surface area contributed by atoms with E-state index >= 15 is 0 Å². The Kier molecular flexibility index (Phi) is 1.62. The summed E-state index contributed by atoms with van der Waals surface area (Å²) < 4.78 is 0. The van der Waals surface area contributed by atoms with Crippen LogP contribution in [0.15, 0.2) is 24.3 Å². The number of ketones is 1. The molecule has 1 nitrogen and oxygen atoms in total. The van der Waals surface area contributed by atoms with E-state index in [1.807, 2.05) is 0 Å². The number of allylic oxidation sites excluding steroid dienone is 4. The number of hydrogen-bond donors (Lipinski definition) is 0. The Bertz CT molecular complexity index is 388. The van der Waals surface area contributed by atoms with Gasteiger partial charge in [0.25, 0.3) is 0 Å². The topological polar surface area (TPSA) is 17.1 Å². The fourth-order valence-corrected chi connectivity index (χ4v) is 6.78. The SMILES string of the molecule is C[Si](C)(C)[C@@]12C=C[C@@H](C1=O)[C@@H]1CC=C[C@@H]12. The Morgan fingerprint density at radius 3 is 2.73 bits per heavy atom. The molecular weight excluding hydrogens is 200 g/mol. The smallest absolute Gasteiger partial charge is 0.147 e. The maximum atomic E-state index is 12.5. The molecule has 0 aliphatic heterocycles. The Morgan fingerprint density at radius 1 is 1.33 bits per heavy atom. The molecule has 1 saturated carbocycles. The van der Waals surface area contributed by atoms with Crippen LogP contribution in [-0.4, -0.2) is 13.9 Å². The van der Waals surface area contributed by atoms with Crippen LogP contribution in [-0.2, 0) is 4.79 Å². The van der Waals surface area contributed by atoms with Gasteiger partial charge in [-0.05, 0) is 18.3 Å². The van der Waals surface area contributed by atoms with Gasteiger partial charge in [0.15, 0.2) is 0 Å². The van der Waals surface area contributed by atoms with Crippen molar-refractivity contribution in [3.8, 4) is 0 Å². The molecule has 15 heavy (non-hydrogen) atoms. The van der Waals surface area contributed by atoms with Crippen LogP contribution < -0.4 is 0 Å². The molecule has 0 spiro atoms. The molecule has 3 rings (SSSR count). The zero-order valence-electron chi connectivity index (χ0n) is 9.66. The van der Waals surface area contributed by atoms with E-state index in [9.17, 15) is 4.79 Å². The van der Waals surface area contributed by atoms with Crippen molar-refractivity contribution in [1.29, 1.82) is 0 Å². The quantitative estimate of drug-likeness (QED) is 0.488. The Hall–Kier alpha value is -0.633. The van der Waals surface area contributed by atoms with Crippen molar-refractivity contribution in [2.75, 3.05) is 0 Å². The normalized spacial score (nSPS) is 46.6. The summed E-state index contributed by atoms with van der Waals surface area (Å²) in [5.41, 5.74) is 0. The fourth-order valence-electron chi connectivity index (χ4n) is 3.96. The highest BCUT2D eigenvalue weighted by Gasteiger charge is 2.65. The van der Waals surface area contributed by atoms with Gasteiger partial charge in [-0.3, -0.25) is 4.79 Å². The molecule has 3 aliphatic rings. The van der Waals surface area contributed by atoms with E-state index in [2.05, 4.69) is 43.9 Å². The third-order valence-electron chi connectivity index (χ3n) is 4.72. The maximum Gasteiger partial charge on any atom is 0.147 e. The molecule has 0 amide bonds. The molecule has 0 aromatic heterocycles. The minimum absolute atomic E-state index is 0.0602. The predicted molar refractivity (Wildman–Crippen MR) is 64.4 cm³/mol. The van der Waals surface area contributed by atoms with Crippen LogP contribution in [0.4, 0.5) is 0 Å². The van der Waals surface area contributed by atoms with E-state index in [1.54, 1.807) is 0 Å². The largest absolute Gasteiger partial charge is 0.298 e. The third-order valence-corrected chi connectivity index (χ3v) is 7.95. The summed E-state index contributed by atoms with van der Waals surface area (Å²) in [6, 6.07) is 0. The summed E-state index contributed by atoms with van der Waals surface area (Å²) in [5.74, 6) is 1.93. The van der Waals surface area contributed by atoms with Gasteiger partial charge in [0, 0.05) is 11.0 Å². The lowest BCUT2D eigenvalue weighted by Crippen LogP contribution is -2.44. The van der Waals surface area contributed by atoms with Gasteiger partial charge in [-0.1, -0.05) is 43.9 Å². The summed E-state index contributed by atoms with van der Waals surface area (Å²) in [4.78, 5) is 12.5.